The van der Waals surface area contributed by atoms with Gasteiger partial charge in [-0.3, -0.25) is 14.9 Å². The van der Waals surface area contributed by atoms with Gasteiger partial charge in [0.1, 0.15) is 5.82 Å². The smallest absolute Gasteiger partial charge is 0.269 e. The predicted octanol–water partition coefficient (Wildman–Crippen LogP) is 5.78. The molecule has 4 aromatic rings. The van der Waals surface area contributed by atoms with E-state index in [4.69, 9.17) is 0 Å². The lowest BCUT2D eigenvalue weighted by molar-refractivity contribution is -0.384. The average Bonchev–Trinajstić information content (AvgIpc) is 2.82. The summed E-state index contributed by atoms with van der Waals surface area (Å²) in [6.07, 6.45) is 0. The number of carbonyl (C=O) groups excluding carboxylic acids is 1. The number of amides is 1. The monoisotopic (exact) mass is 429 g/mol. The molecule has 0 fully saturated rings. The van der Waals surface area contributed by atoms with Crippen molar-refractivity contribution in [3.8, 4) is 11.3 Å². The molecule has 0 aliphatic carbocycles. The highest BCUT2D eigenvalue weighted by molar-refractivity contribution is 6.07. The topological polar surface area (TPSA) is 76.3 Å². The number of nitrogens with zero attached hydrogens (tertiary/aromatic N) is 3. The fourth-order valence-electron chi connectivity index (χ4n) is 3.61. The summed E-state index contributed by atoms with van der Waals surface area (Å²) >= 11 is 0. The Kier molecular flexibility index (Phi) is 5.64. The van der Waals surface area contributed by atoms with E-state index in [1.165, 1.54) is 24.3 Å². The van der Waals surface area contributed by atoms with Crippen LogP contribution in [0.25, 0.3) is 22.2 Å². The van der Waals surface area contributed by atoms with E-state index >= 15 is 0 Å². The zero-order valence-corrected chi connectivity index (χ0v) is 17.5. The Balaban J connectivity index is 1.76. The number of hydrogen-bond donors (Lipinski definition) is 0. The van der Waals surface area contributed by atoms with Gasteiger partial charge in [-0.1, -0.05) is 30.3 Å². The van der Waals surface area contributed by atoms with Gasteiger partial charge in [-0.05, 0) is 48.9 Å². The third-order valence-electron chi connectivity index (χ3n) is 5.55. The van der Waals surface area contributed by atoms with Crippen LogP contribution < -0.4 is 0 Å². The van der Waals surface area contributed by atoms with Crippen LogP contribution >= 0.6 is 0 Å². The molecule has 0 aliphatic heterocycles. The van der Waals surface area contributed by atoms with Gasteiger partial charge in [0.05, 0.1) is 27.7 Å². The van der Waals surface area contributed by atoms with E-state index < -0.39 is 11.0 Å². The quantitative estimate of drug-likeness (QED) is 0.298. The van der Waals surface area contributed by atoms with Crippen molar-refractivity contribution in [3.05, 3.63) is 106 Å². The number of non-ortho nitro benzene ring substituents is 1. The Hall–Kier alpha value is -4.13. The molecule has 4 rings (SSSR count). The Morgan fingerprint density at radius 1 is 1.03 bits per heavy atom. The van der Waals surface area contributed by atoms with Crippen LogP contribution in [0.15, 0.2) is 78.9 Å². The van der Waals surface area contributed by atoms with Crippen molar-refractivity contribution in [2.45, 2.75) is 13.0 Å². The third kappa shape index (κ3) is 4.05. The first-order valence-corrected chi connectivity index (χ1v) is 10.0. The predicted molar refractivity (Wildman–Crippen MR) is 121 cm³/mol. The number of benzene rings is 3. The highest BCUT2D eigenvalue weighted by Crippen LogP contribution is 2.29. The van der Waals surface area contributed by atoms with Crippen molar-refractivity contribution in [1.29, 1.82) is 0 Å². The number of halogens is 1. The third-order valence-corrected chi connectivity index (χ3v) is 5.55. The highest BCUT2D eigenvalue weighted by atomic mass is 19.1. The number of fused-ring (bicyclic) bond motifs is 1. The van der Waals surface area contributed by atoms with Crippen LogP contribution in [-0.4, -0.2) is 27.8 Å². The van der Waals surface area contributed by atoms with Crippen molar-refractivity contribution in [2.75, 3.05) is 7.05 Å². The molecule has 0 spiro atoms. The van der Waals surface area contributed by atoms with E-state index in [2.05, 4.69) is 4.98 Å². The maximum atomic E-state index is 13.5. The van der Waals surface area contributed by atoms with Crippen LogP contribution in [0, 0.1) is 15.9 Å². The minimum Gasteiger partial charge on any atom is -0.335 e. The summed E-state index contributed by atoms with van der Waals surface area (Å²) in [4.78, 5) is 30.4. The molecular formula is C25H20FN3O3. The van der Waals surface area contributed by atoms with E-state index in [0.717, 1.165) is 0 Å². The molecule has 7 heteroatoms. The zero-order valence-electron chi connectivity index (χ0n) is 17.5. The Bertz CT molecular complexity index is 1320. The van der Waals surface area contributed by atoms with E-state index in [0.29, 0.717) is 33.3 Å². The molecule has 6 nitrogen and oxygen atoms in total. The Morgan fingerprint density at radius 2 is 1.75 bits per heavy atom. The molecule has 1 atom stereocenters. The average molecular weight is 429 g/mol. The number of aromatic nitrogens is 1. The maximum Gasteiger partial charge on any atom is 0.269 e. The number of nitro benzene ring substituents is 1. The van der Waals surface area contributed by atoms with Crippen molar-refractivity contribution in [2.24, 2.45) is 0 Å². The number of para-hydroxylation sites is 1. The van der Waals surface area contributed by atoms with Gasteiger partial charge in [0.15, 0.2) is 0 Å². The van der Waals surface area contributed by atoms with Crippen LogP contribution in [0.5, 0.6) is 0 Å². The summed E-state index contributed by atoms with van der Waals surface area (Å²) in [5.41, 5.74) is 2.99. The number of nitro groups is 1. The van der Waals surface area contributed by atoms with Crippen molar-refractivity contribution >= 4 is 22.5 Å². The standard InChI is InChI=1S/C25H20FN3O3/c1-16(18-6-5-7-20(14-18)29(31)32)28(2)25(30)22-15-24(17-10-12-19(26)13-11-17)27-23-9-4-3-8-21(22)23/h3-16H,1-2H3. The van der Waals surface area contributed by atoms with Gasteiger partial charge in [-0.15, -0.1) is 0 Å². The summed E-state index contributed by atoms with van der Waals surface area (Å²) in [6.45, 7) is 1.82. The van der Waals surface area contributed by atoms with Crippen LogP contribution in [0.2, 0.25) is 0 Å². The van der Waals surface area contributed by atoms with Crippen molar-refractivity contribution in [3.63, 3.8) is 0 Å². The molecule has 1 amide bonds. The van der Waals surface area contributed by atoms with Gasteiger partial charge in [-0.25, -0.2) is 9.37 Å². The van der Waals surface area contributed by atoms with Gasteiger partial charge in [-0.2, -0.15) is 0 Å². The fourth-order valence-corrected chi connectivity index (χ4v) is 3.61. The van der Waals surface area contributed by atoms with E-state index in [9.17, 15) is 19.3 Å². The summed E-state index contributed by atoms with van der Waals surface area (Å²) in [6, 6.07) is 20.8. The molecule has 1 aromatic heterocycles. The summed E-state index contributed by atoms with van der Waals surface area (Å²) in [5, 5.41) is 11.8. The summed E-state index contributed by atoms with van der Waals surface area (Å²) in [5.74, 6) is -0.595. The molecule has 0 saturated carbocycles. The molecule has 0 saturated heterocycles. The minimum absolute atomic E-state index is 0.0249. The molecule has 32 heavy (non-hydrogen) atoms. The first kappa shape index (κ1) is 21.1. The van der Waals surface area contributed by atoms with Crippen LogP contribution in [0.4, 0.5) is 10.1 Å². The zero-order chi connectivity index (χ0) is 22.8. The molecule has 1 unspecified atom stereocenters. The van der Waals surface area contributed by atoms with Crippen LogP contribution in [-0.2, 0) is 0 Å². The number of rotatable bonds is 5. The lowest BCUT2D eigenvalue weighted by atomic mass is 10.0. The largest absolute Gasteiger partial charge is 0.335 e. The van der Waals surface area contributed by atoms with Crippen LogP contribution in [0.1, 0.15) is 28.9 Å². The molecular weight excluding hydrogens is 409 g/mol. The number of carbonyl (C=O) groups is 1. The van der Waals surface area contributed by atoms with Crippen molar-refractivity contribution in [1.82, 2.24) is 9.88 Å². The highest BCUT2D eigenvalue weighted by Gasteiger charge is 2.23. The Labute approximate surface area is 184 Å². The van der Waals surface area contributed by atoms with E-state index in [1.807, 2.05) is 31.2 Å². The van der Waals surface area contributed by atoms with Gasteiger partial charge in [0.25, 0.3) is 11.6 Å². The lowest BCUT2D eigenvalue weighted by Gasteiger charge is -2.26. The van der Waals surface area contributed by atoms with Gasteiger partial charge in [0, 0.05) is 30.1 Å². The lowest BCUT2D eigenvalue weighted by Crippen LogP contribution is -2.30. The first-order valence-electron chi connectivity index (χ1n) is 10.0. The molecule has 0 bridgehead atoms. The molecule has 0 aliphatic rings. The second-order valence-corrected chi connectivity index (χ2v) is 7.52. The molecule has 160 valence electrons. The second kappa shape index (κ2) is 8.55. The molecule has 3 aromatic carbocycles. The molecule has 0 radical (unpaired) electrons. The normalized spacial score (nSPS) is 11.8. The number of hydrogen-bond acceptors (Lipinski definition) is 4. The van der Waals surface area contributed by atoms with Crippen molar-refractivity contribution < 1.29 is 14.1 Å². The molecule has 0 N–H and O–H groups in total. The maximum absolute atomic E-state index is 13.5. The van der Waals surface area contributed by atoms with Gasteiger partial charge in [0.2, 0.25) is 0 Å². The van der Waals surface area contributed by atoms with E-state index in [1.54, 1.807) is 42.3 Å². The number of pyridine rings is 1. The van der Waals surface area contributed by atoms with Crippen LogP contribution in [0.3, 0.4) is 0 Å². The SMILES string of the molecule is CC(c1cccc([N+](=O)[O-])c1)N(C)C(=O)c1cc(-c2ccc(F)cc2)nc2ccccc12. The second-order valence-electron chi connectivity index (χ2n) is 7.52. The summed E-state index contributed by atoms with van der Waals surface area (Å²) in [7, 11) is 1.67. The minimum atomic E-state index is -0.455. The first-order chi connectivity index (χ1) is 15.3. The van der Waals surface area contributed by atoms with Gasteiger partial charge < -0.3 is 4.90 Å². The Morgan fingerprint density at radius 3 is 2.47 bits per heavy atom. The van der Waals surface area contributed by atoms with E-state index in [-0.39, 0.29) is 17.4 Å². The van der Waals surface area contributed by atoms with Gasteiger partial charge >= 0.3 is 0 Å². The molecule has 1 heterocycles. The fraction of sp³-hybridized carbons (Fsp3) is 0.120. The summed E-state index contributed by atoms with van der Waals surface area (Å²) < 4.78 is 13.4.